The number of hydrogen-bond donors (Lipinski definition) is 2. The maximum Gasteiger partial charge on any atom is 0.141 e. The molecule has 12 heteroatoms. The zero-order valence-electron chi connectivity index (χ0n) is 17.2. The van der Waals surface area contributed by atoms with Gasteiger partial charge >= 0.3 is 0 Å². The molecule has 0 bridgehead atoms. The van der Waals surface area contributed by atoms with E-state index in [0.29, 0.717) is 38.7 Å². The fourth-order valence-electron chi connectivity index (χ4n) is 3.21. The number of rotatable bonds is 7. The largest absolute Gasteiger partial charge is 0.772 e. The number of aromatic nitrogens is 3. The smallest absolute Gasteiger partial charge is 0.141 e. The number of nitrogens with one attached hydrogen (secondary N) is 2. The molecule has 2 aromatic heterocycles. The lowest BCUT2D eigenvalue weighted by atomic mass is 10.1. The third-order valence-electron chi connectivity index (χ3n) is 4.72. The van der Waals surface area contributed by atoms with Crippen LogP contribution in [0.4, 0.5) is 21.5 Å². The van der Waals surface area contributed by atoms with Gasteiger partial charge in [0.25, 0.3) is 0 Å². The summed E-state index contributed by atoms with van der Waals surface area (Å²) in [6, 6.07) is 11.3. The standard InChI is InChI=1S/C22H15Cl2FN6O2S/c23-17-6-13(1-2-19(17)25)31-21-12(8-26)9-29-22-16(21)5-15(7-18(22)24)28-10-14-3-4-27-20(30-14)11-34(32)33/h1-7,9,28H,10-11H2,(H,29,31)(H,32,33)/p-1. The maximum absolute atomic E-state index is 13.6. The third kappa shape index (κ3) is 5.40. The van der Waals surface area contributed by atoms with Crippen molar-refractivity contribution in [3.8, 4) is 6.07 Å². The van der Waals surface area contributed by atoms with Crippen molar-refractivity contribution in [2.75, 3.05) is 10.6 Å². The van der Waals surface area contributed by atoms with Crippen molar-refractivity contribution in [3.05, 3.63) is 81.7 Å². The number of hydrogen-bond acceptors (Lipinski definition) is 8. The molecule has 2 aromatic carbocycles. The van der Waals surface area contributed by atoms with Gasteiger partial charge in [-0.2, -0.15) is 5.26 Å². The fourth-order valence-corrected chi connectivity index (χ4v) is 4.01. The molecule has 0 fully saturated rings. The van der Waals surface area contributed by atoms with E-state index in [9.17, 15) is 18.4 Å². The molecular weight excluding hydrogens is 502 g/mol. The van der Waals surface area contributed by atoms with E-state index >= 15 is 0 Å². The molecule has 2 heterocycles. The normalized spacial score (nSPS) is 11.7. The van der Waals surface area contributed by atoms with Crippen LogP contribution in [0.5, 0.6) is 0 Å². The van der Waals surface area contributed by atoms with Gasteiger partial charge in [-0.25, -0.2) is 14.4 Å². The highest BCUT2D eigenvalue weighted by Gasteiger charge is 2.14. The van der Waals surface area contributed by atoms with Gasteiger partial charge in [-0.15, -0.1) is 0 Å². The van der Waals surface area contributed by atoms with Crippen LogP contribution in [-0.2, 0) is 23.4 Å². The Morgan fingerprint density at radius 1 is 1.12 bits per heavy atom. The molecule has 4 aromatic rings. The number of halogens is 3. The van der Waals surface area contributed by atoms with Crippen molar-refractivity contribution in [1.82, 2.24) is 15.0 Å². The minimum Gasteiger partial charge on any atom is -0.772 e. The topological polar surface area (TPSA) is 127 Å². The Morgan fingerprint density at radius 2 is 1.91 bits per heavy atom. The first kappa shape index (κ1) is 23.8. The second-order valence-electron chi connectivity index (χ2n) is 7.03. The second-order valence-corrected chi connectivity index (χ2v) is 8.74. The van der Waals surface area contributed by atoms with E-state index in [1.807, 2.05) is 0 Å². The highest BCUT2D eigenvalue weighted by Crippen LogP contribution is 2.35. The highest BCUT2D eigenvalue weighted by atomic mass is 35.5. The van der Waals surface area contributed by atoms with E-state index in [-0.39, 0.29) is 28.7 Å². The van der Waals surface area contributed by atoms with Crippen molar-refractivity contribution in [2.24, 2.45) is 0 Å². The van der Waals surface area contributed by atoms with E-state index in [4.69, 9.17) is 23.2 Å². The highest BCUT2D eigenvalue weighted by molar-refractivity contribution is 7.78. The second kappa shape index (κ2) is 10.3. The summed E-state index contributed by atoms with van der Waals surface area (Å²) in [6.07, 6.45) is 2.88. The van der Waals surface area contributed by atoms with Gasteiger partial charge in [0.15, 0.2) is 0 Å². The van der Waals surface area contributed by atoms with Gasteiger partial charge in [0.1, 0.15) is 17.7 Å². The van der Waals surface area contributed by atoms with Crippen LogP contribution in [0.15, 0.2) is 48.8 Å². The molecule has 1 unspecified atom stereocenters. The Labute approximate surface area is 206 Å². The summed E-state index contributed by atoms with van der Waals surface area (Å²) in [5.41, 5.74) is 2.82. The van der Waals surface area contributed by atoms with Crippen LogP contribution < -0.4 is 10.6 Å². The Kier molecular flexibility index (Phi) is 7.19. The zero-order valence-corrected chi connectivity index (χ0v) is 19.5. The summed E-state index contributed by atoms with van der Waals surface area (Å²) in [4.78, 5) is 12.5. The van der Waals surface area contributed by atoms with E-state index in [1.54, 1.807) is 18.2 Å². The third-order valence-corrected chi connectivity index (χ3v) is 5.79. The molecule has 8 nitrogen and oxygen atoms in total. The summed E-state index contributed by atoms with van der Waals surface area (Å²) in [7, 11) is 0. The van der Waals surface area contributed by atoms with Crippen molar-refractivity contribution in [3.63, 3.8) is 0 Å². The molecular formula is C22H14Cl2FN6O2S-. The van der Waals surface area contributed by atoms with Gasteiger partial charge in [0.2, 0.25) is 0 Å². The average molecular weight is 516 g/mol. The van der Waals surface area contributed by atoms with Gasteiger partial charge in [0.05, 0.1) is 44.8 Å². The molecule has 2 N–H and O–H groups in total. The summed E-state index contributed by atoms with van der Waals surface area (Å²) in [5.74, 6) is -0.645. The number of anilines is 3. The van der Waals surface area contributed by atoms with Crippen molar-refractivity contribution < 1.29 is 13.2 Å². The molecule has 0 spiro atoms. The number of pyridine rings is 1. The summed E-state index contributed by atoms with van der Waals surface area (Å²) < 4.78 is 35.4. The number of nitrogens with zero attached hydrogens (tertiary/aromatic N) is 4. The van der Waals surface area contributed by atoms with Crippen LogP contribution in [0.1, 0.15) is 17.1 Å². The van der Waals surface area contributed by atoms with Crippen molar-refractivity contribution in [1.29, 1.82) is 5.26 Å². The van der Waals surface area contributed by atoms with Gasteiger partial charge in [0, 0.05) is 29.2 Å². The summed E-state index contributed by atoms with van der Waals surface area (Å²) >= 11 is 10.1. The lowest BCUT2D eigenvalue weighted by Gasteiger charge is -2.15. The quantitative estimate of drug-likeness (QED) is 0.326. The maximum atomic E-state index is 13.6. The van der Waals surface area contributed by atoms with Crippen LogP contribution in [-0.4, -0.2) is 23.7 Å². The molecule has 0 radical (unpaired) electrons. The number of benzene rings is 2. The van der Waals surface area contributed by atoms with Gasteiger partial charge < -0.3 is 15.2 Å². The molecule has 0 aliphatic heterocycles. The fraction of sp³-hybridized carbons (Fsp3) is 0.0909. The van der Waals surface area contributed by atoms with Gasteiger partial charge in [-0.05, 0) is 47.5 Å². The molecule has 0 saturated carbocycles. The summed E-state index contributed by atoms with van der Waals surface area (Å²) in [5, 5.41) is 16.7. The van der Waals surface area contributed by atoms with Crippen LogP contribution >= 0.6 is 23.2 Å². The van der Waals surface area contributed by atoms with Crippen LogP contribution in [0.3, 0.4) is 0 Å². The average Bonchev–Trinajstić information content (AvgIpc) is 2.80. The van der Waals surface area contributed by atoms with E-state index in [1.165, 1.54) is 30.6 Å². The van der Waals surface area contributed by atoms with Gasteiger partial charge in [-0.1, -0.05) is 23.2 Å². The first-order chi connectivity index (χ1) is 16.3. The predicted molar refractivity (Wildman–Crippen MR) is 128 cm³/mol. The molecule has 172 valence electrons. The predicted octanol–water partition coefficient (Wildman–Crippen LogP) is 5.08. The summed E-state index contributed by atoms with van der Waals surface area (Å²) in [6.45, 7) is 0.268. The molecule has 34 heavy (non-hydrogen) atoms. The molecule has 1 atom stereocenters. The minimum absolute atomic E-state index is 0.0627. The zero-order chi connectivity index (χ0) is 24.2. The first-order valence-corrected chi connectivity index (χ1v) is 11.7. The molecule has 0 saturated heterocycles. The van der Waals surface area contributed by atoms with Crippen LogP contribution in [0.2, 0.25) is 10.0 Å². The molecule has 0 aliphatic rings. The van der Waals surface area contributed by atoms with E-state index in [0.717, 1.165) is 0 Å². The molecule has 0 aliphatic carbocycles. The molecule has 4 rings (SSSR count). The Hall–Kier alpha value is -3.36. The Bertz CT molecular complexity index is 1460. The first-order valence-electron chi connectivity index (χ1n) is 9.69. The van der Waals surface area contributed by atoms with E-state index < -0.39 is 16.9 Å². The van der Waals surface area contributed by atoms with Crippen molar-refractivity contribution >= 4 is 62.2 Å². The SMILES string of the molecule is N#Cc1cnc2c(Cl)cc(NCc3ccnc(CS(=O)[O-])n3)cc2c1Nc1ccc(F)c(Cl)c1. The van der Waals surface area contributed by atoms with Gasteiger partial charge in [-0.3, -0.25) is 9.19 Å². The van der Waals surface area contributed by atoms with Crippen molar-refractivity contribution in [2.45, 2.75) is 12.3 Å². The lowest BCUT2D eigenvalue weighted by Crippen LogP contribution is -2.06. The Balaban J connectivity index is 1.68. The molecule has 0 amide bonds. The monoisotopic (exact) mass is 515 g/mol. The number of fused-ring (bicyclic) bond motifs is 1. The lowest BCUT2D eigenvalue weighted by molar-refractivity contribution is 0.534. The number of nitriles is 1. The Morgan fingerprint density at radius 3 is 2.65 bits per heavy atom. The van der Waals surface area contributed by atoms with Crippen LogP contribution in [0.25, 0.3) is 10.9 Å². The van der Waals surface area contributed by atoms with Crippen LogP contribution in [0, 0.1) is 17.1 Å². The minimum atomic E-state index is -2.29. The van der Waals surface area contributed by atoms with E-state index in [2.05, 4.69) is 31.7 Å².